The van der Waals surface area contributed by atoms with Crippen LogP contribution >= 0.6 is 23.7 Å². The second kappa shape index (κ2) is 8.41. The molecule has 2 rings (SSSR count). The van der Waals surface area contributed by atoms with Crippen LogP contribution in [-0.4, -0.2) is 24.6 Å². The third-order valence-electron chi connectivity index (χ3n) is 2.90. The van der Waals surface area contributed by atoms with Crippen molar-refractivity contribution in [2.75, 3.05) is 6.54 Å². The van der Waals surface area contributed by atoms with E-state index in [1.807, 2.05) is 19.9 Å². The van der Waals surface area contributed by atoms with E-state index in [0.717, 1.165) is 10.4 Å². The van der Waals surface area contributed by atoms with E-state index in [-0.39, 0.29) is 24.1 Å². The molecule has 0 radical (unpaired) electrons. The lowest BCUT2D eigenvalue weighted by atomic mass is 10.1. The third kappa shape index (κ3) is 6.07. The Kier molecular flexibility index (Phi) is 7.13. The second-order valence-electron chi connectivity index (χ2n) is 5.74. The van der Waals surface area contributed by atoms with Crippen LogP contribution in [0.25, 0.3) is 10.4 Å². The highest BCUT2D eigenvalue weighted by atomic mass is 35.5. The number of halogens is 3. The van der Waals surface area contributed by atoms with Gasteiger partial charge in [0.05, 0.1) is 4.88 Å². The average molecular weight is 377 g/mol. The second-order valence-corrected chi connectivity index (χ2v) is 6.82. The Morgan fingerprint density at radius 2 is 1.88 bits per heavy atom. The lowest BCUT2D eigenvalue weighted by Gasteiger charge is -2.18. The minimum Gasteiger partial charge on any atom is -0.435 e. The van der Waals surface area contributed by atoms with E-state index in [4.69, 9.17) is 5.73 Å². The molecule has 3 N–H and O–H groups in total. The number of carbonyl (C=O) groups excluding carboxylic acids is 1. The number of amides is 1. The van der Waals surface area contributed by atoms with Crippen molar-refractivity contribution < 1.29 is 18.3 Å². The fourth-order valence-corrected chi connectivity index (χ4v) is 2.74. The molecule has 0 fully saturated rings. The van der Waals surface area contributed by atoms with Crippen LogP contribution in [0, 0.1) is 0 Å². The minimum absolute atomic E-state index is 0. The largest absolute Gasteiger partial charge is 0.435 e. The van der Waals surface area contributed by atoms with Gasteiger partial charge in [-0.3, -0.25) is 4.79 Å². The molecule has 1 amide bonds. The summed E-state index contributed by atoms with van der Waals surface area (Å²) in [6.45, 7) is 1.19. The molecule has 1 aromatic heterocycles. The molecule has 0 bridgehead atoms. The van der Waals surface area contributed by atoms with Crippen LogP contribution in [0.2, 0.25) is 0 Å². The monoisotopic (exact) mass is 376 g/mol. The van der Waals surface area contributed by atoms with Gasteiger partial charge in [-0.2, -0.15) is 8.78 Å². The highest BCUT2D eigenvalue weighted by Crippen LogP contribution is 2.29. The lowest BCUT2D eigenvalue weighted by Crippen LogP contribution is -2.44. The van der Waals surface area contributed by atoms with Crippen molar-refractivity contribution in [3.63, 3.8) is 0 Å². The first-order valence-corrected chi connectivity index (χ1v) is 7.78. The summed E-state index contributed by atoms with van der Waals surface area (Å²) in [6.07, 6.45) is 0. The molecule has 0 atom stereocenters. The summed E-state index contributed by atoms with van der Waals surface area (Å²) >= 11 is 1.32. The summed E-state index contributed by atoms with van der Waals surface area (Å²) < 4.78 is 28.5. The van der Waals surface area contributed by atoms with Gasteiger partial charge in [0.15, 0.2) is 0 Å². The van der Waals surface area contributed by atoms with Gasteiger partial charge in [-0.25, -0.2) is 0 Å². The maximum absolute atomic E-state index is 12.1. The molecule has 0 aliphatic heterocycles. The molecule has 4 nitrogen and oxygen atoms in total. The van der Waals surface area contributed by atoms with Crippen molar-refractivity contribution in [2.45, 2.75) is 26.0 Å². The van der Waals surface area contributed by atoms with Crippen molar-refractivity contribution in [1.82, 2.24) is 5.32 Å². The number of nitrogens with two attached hydrogens (primary N) is 1. The molecule has 0 unspecified atom stereocenters. The van der Waals surface area contributed by atoms with Crippen LogP contribution in [0.3, 0.4) is 0 Å². The van der Waals surface area contributed by atoms with E-state index in [0.29, 0.717) is 11.4 Å². The molecule has 1 aromatic carbocycles. The normalized spacial score (nSPS) is 11.1. The third-order valence-corrected chi connectivity index (χ3v) is 4.03. The predicted octanol–water partition coefficient (Wildman–Crippen LogP) is 3.91. The number of alkyl halides is 2. The Morgan fingerprint density at radius 3 is 2.42 bits per heavy atom. The topological polar surface area (TPSA) is 64.3 Å². The van der Waals surface area contributed by atoms with E-state index >= 15 is 0 Å². The van der Waals surface area contributed by atoms with Crippen molar-refractivity contribution >= 4 is 29.7 Å². The molecule has 8 heteroatoms. The van der Waals surface area contributed by atoms with Gasteiger partial charge in [-0.05, 0) is 55.8 Å². The zero-order valence-electron chi connectivity index (χ0n) is 13.2. The van der Waals surface area contributed by atoms with Crippen LogP contribution in [0.5, 0.6) is 5.75 Å². The minimum atomic E-state index is -2.84. The summed E-state index contributed by atoms with van der Waals surface area (Å²) in [6, 6.07) is 9.83. The fourth-order valence-electron chi connectivity index (χ4n) is 1.81. The quantitative estimate of drug-likeness (QED) is 0.803. The van der Waals surface area contributed by atoms with Crippen molar-refractivity contribution in [3.05, 3.63) is 41.3 Å². The molecular weight excluding hydrogens is 358 g/mol. The van der Waals surface area contributed by atoms with E-state index < -0.39 is 12.2 Å². The number of benzene rings is 1. The van der Waals surface area contributed by atoms with Crippen molar-refractivity contribution in [3.8, 4) is 16.2 Å². The number of hydrogen-bond acceptors (Lipinski definition) is 4. The maximum atomic E-state index is 12.1. The van der Waals surface area contributed by atoms with Gasteiger partial charge in [-0.15, -0.1) is 23.7 Å². The summed E-state index contributed by atoms with van der Waals surface area (Å²) in [5.41, 5.74) is 6.18. The van der Waals surface area contributed by atoms with Crippen LogP contribution < -0.4 is 15.8 Å². The predicted molar refractivity (Wildman–Crippen MR) is 94.2 cm³/mol. The Labute approximate surface area is 149 Å². The molecular formula is C16H19ClF2N2O2S. The molecule has 24 heavy (non-hydrogen) atoms. The summed E-state index contributed by atoms with van der Waals surface area (Å²) in [5, 5.41) is 2.78. The molecule has 0 aliphatic rings. The van der Waals surface area contributed by atoms with E-state index in [1.54, 1.807) is 18.2 Å². The van der Waals surface area contributed by atoms with Gasteiger partial charge < -0.3 is 15.8 Å². The zero-order valence-corrected chi connectivity index (χ0v) is 14.8. The smallest absolute Gasteiger partial charge is 0.387 e. The molecule has 0 spiro atoms. The Morgan fingerprint density at radius 1 is 1.25 bits per heavy atom. The summed E-state index contributed by atoms with van der Waals surface area (Å²) in [4.78, 5) is 13.5. The molecule has 0 saturated carbocycles. The Balaban J connectivity index is 0.00000288. The maximum Gasteiger partial charge on any atom is 0.387 e. The van der Waals surface area contributed by atoms with E-state index in [2.05, 4.69) is 10.1 Å². The number of ether oxygens (including phenoxy) is 1. The SMILES string of the molecule is CC(C)(N)CNC(=O)c1ccc(-c2ccc(OC(F)F)cc2)s1.Cl. The molecule has 1 heterocycles. The first kappa shape index (κ1) is 20.3. The molecule has 0 saturated heterocycles. The zero-order chi connectivity index (χ0) is 17.0. The van der Waals surface area contributed by atoms with Crippen LogP contribution in [0.1, 0.15) is 23.5 Å². The number of thiophene rings is 1. The van der Waals surface area contributed by atoms with Crippen LogP contribution in [0.15, 0.2) is 36.4 Å². The highest BCUT2D eigenvalue weighted by Gasteiger charge is 2.15. The van der Waals surface area contributed by atoms with Crippen LogP contribution in [0.4, 0.5) is 8.78 Å². The standard InChI is InChI=1S/C16H18F2N2O2S.ClH/c1-16(2,19)9-20-14(21)13-8-7-12(23-13)10-3-5-11(6-4-10)22-15(17)18;/h3-8,15H,9,19H2,1-2H3,(H,20,21);1H. The van der Waals surface area contributed by atoms with Gasteiger partial charge >= 0.3 is 6.61 Å². The Bertz CT molecular complexity index is 669. The van der Waals surface area contributed by atoms with Crippen LogP contribution in [-0.2, 0) is 0 Å². The van der Waals surface area contributed by atoms with E-state index in [9.17, 15) is 13.6 Å². The van der Waals surface area contributed by atoms with Gasteiger partial charge in [0, 0.05) is 17.0 Å². The molecule has 0 aliphatic carbocycles. The number of rotatable bonds is 6. The fraction of sp³-hybridized carbons (Fsp3) is 0.312. The van der Waals surface area contributed by atoms with Gasteiger partial charge in [-0.1, -0.05) is 0 Å². The van der Waals surface area contributed by atoms with Gasteiger partial charge in [0.1, 0.15) is 5.75 Å². The molecule has 2 aromatic rings. The average Bonchev–Trinajstić information content (AvgIpc) is 2.94. The van der Waals surface area contributed by atoms with Crippen molar-refractivity contribution in [2.24, 2.45) is 5.73 Å². The highest BCUT2D eigenvalue weighted by molar-refractivity contribution is 7.17. The first-order valence-electron chi connectivity index (χ1n) is 6.97. The summed E-state index contributed by atoms with van der Waals surface area (Å²) in [7, 11) is 0. The summed E-state index contributed by atoms with van der Waals surface area (Å²) in [5.74, 6) is -0.0825. The van der Waals surface area contributed by atoms with Crippen molar-refractivity contribution in [1.29, 1.82) is 0 Å². The van der Waals surface area contributed by atoms with Gasteiger partial charge in [0.25, 0.3) is 5.91 Å². The molecule has 132 valence electrons. The first-order chi connectivity index (χ1) is 10.7. The number of nitrogens with one attached hydrogen (secondary N) is 1. The van der Waals surface area contributed by atoms with Gasteiger partial charge in [0.2, 0.25) is 0 Å². The number of carbonyl (C=O) groups is 1. The Hall–Kier alpha value is -1.70. The lowest BCUT2D eigenvalue weighted by molar-refractivity contribution is -0.0498. The van der Waals surface area contributed by atoms with E-state index in [1.165, 1.54) is 23.5 Å². The number of hydrogen-bond donors (Lipinski definition) is 2.